The highest BCUT2D eigenvalue weighted by molar-refractivity contribution is 5.85. The molecule has 0 bridgehead atoms. The van der Waals surface area contributed by atoms with Crippen LogP contribution in [0.15, 0.2) is 29.3 Å². The molecule has 25 heavy (non-hydrogen) atoms. The molecule has 1 aromatic rings. The van der Waals surface area contributed by atoms with Crippen LogP contribution >= 0.6 is 0 Å². The van der Waals surface area contributed by atoms with E-state index in [2.05, 4.69) is 20.9 Å². The van der Waals surface area contributed by atoms with Crippen LogP contribution in [0.25, 0.3) is 0 Å². The Labute approximate surface area is 151 Å². The molecule has 1 amide bonds. The minimum Gasteiger partial charge on any atom is -0.489 e. The van der Waals surface area contributed by atoms with Crippen molar-refractivity contribution >= 4 is 11.9 Å². The smallest absolute Gasteiger partial charge is 0.242 e. The summed E-state index contributed by atoms with van der Waals surface area (Å²) in [6.45, 7) is 13.2. The van der Waals surface area contributed by atoms with E-state index >= 15 is 0 Å². The minimum absolute atomic E-state index is 0.0324. The van der Waals surface area contributed by atoms with Crippen molar-refractivity contribution in [1.29, 1.82) is 0 Å². The second-order valence-corrected chi connectivity index (χ2v) is 7.12. The Bertz CT molecular complexity index is 562. The van der Waals surface area contributed by atoms with Crippen LogP contribution in [0.3, 0.4) is 0 Å². The molecule has 0 aromatic heterocycles. The maximum atomic E-state index is 11.9. The molecule has 0 saturated carbocycles. The minimum atomic E-state index is -0.255. The highest BCUT2D eigenvalue weighted by Crippen LogP contribution is 2.12. The highest BCUT2D eigenvalue weighted by atomic mass is 16.5. The molecule has 0 aliphatic carbocycles. The van der Waals surface area contributed by atoms with Crippen LogP contribution in [0.1, 0.15) is 40.2 Å². The molecule has 1 aromatic carbocycles. The Morgan fingerprint density at radius 3 is 2.40 bits per heavy atom. The number of hydrogen-bond donors (Lipinski definition) is 3. The molecule has 1 rings (SSSR count). The van der Waals surface area contributed by atoms with Gasteiger partial charge in [-0.15, -0.1) is 0 Å². The molecular weight excluding hydrogens is 316 g/mol. The van der Waals surface area contributed by atoms with E-state index in [0.717, 1.165) is 12.3 Å². The number of aliphatic imine (C=N–C) groups is 1. The fourth-order valence-corrected chi connectivity index (χ4v) is 2.08. The number of carbonyl (C=O) groups is 1. The van der Waals surface area contributed by atoms with E-state index in [-0.39, 0.29) is 24.1 Å². The van der Waals surface area contributed by atoms with Crippen molar-refractivity contribution in [2.45, 2.75) is 53.2 Å². The summed E-state index contributed by atoms with van der Waals surface area (Å²) < 4.78 is 5.86. The second kappa shape index (κ2) is 9.91. The molecule has 0 aliphatic heterocycles. The normalized spacial score (nSPS) is 13.1. The molecule has 0 heterocycles. The molecule has 0 spiro atoms. The van der Waals surface area contributed by atoms with Crippen molar-refractivity contribution in [3.05, 3.63) is 29.8 Å². The molecule has 6 heteroatoms. The third-order valence-electron chi connectivity index (χ3n) is 3.15. The summed E-state index contributed by atoms with van der Waals surface area (Å²) in [5.41, 5.74) is 0.947. The van der Waals surface area contributed by atoms with Crippen molar-refractivity contribution in [2.75, 3.05) is 19.6 Å². The van der Waals surface area contributed by atoms with Gasteiger partial charge in [-0.05, 0) is 53.7 Å². The lowest BCUT2D eigenvalue weighted by atomic mass is 10.1. The van der Waals surface area contributed by atoms with Crippen LogP contribution in [-0.4, -0.2) is 43.1 Å². The maximum absolute atomic E-state index is 11.9. The number of carbonyl (C=O) groups excluding carboxylic acids is 1. The average Bonchev–Trinajstić information content (AvgIpc) is 2.50. The number of benzene rings is 1. The van der Waals surface area contributed by atoms with Crippen molar-refractivity contribution in [2.24, 2.45) is 4.99 Å². The van der Waals surface area contributed by atoms with Crippen molar-refractivity contribution < 1.29 is 9.53 Å². The highest BCUT2D eigenvalue weighted by Gasteiger charge is 2.13. The standard InChI is InChI=1S/C19H32N4O2/c1-7-20-18(22-13-17(24)23-19(4,5)6)21-12-15(3)25-16-10-8-14(2)9-11-16/h8-11,15H,7,12-13H2,1-6H3,(H,23,24)(H2,20,21,22). The molecule has 0 fully saturated rings. The lowest BCUT2D eigenvalue weighted by Gasteiger charge is -2.20. The first-order chi connectivity index (χ1) is 11.7. The summed E-state index contributed by atoms with van der Waals surface area (Å²) in [4.78, 5) is 16.2. The van der Waals surface area contributed by atoms with Crippen molar-refractivity contribution in [3.8, 4) is 5.75 Å². The van der Waals surface area contributed by atoms with Crippen LogP contribution in [0.4, 0.5) is 0 Å². The number of amides is 1. The van der Waals surface area contributed by atoms with Crippen LogP contribution in [0, 0.1) is 6.92 Å². The number of guanidine groups is 1. The first-order valence-electron chi connectivity index (χ1n) is 8.76. The maximum Gasteiger partial charge on any atom is 0.242 e. The Morgan fingerprint density at radius 2 is 1.84 bits per heavy atom. The van der Waals surface area contributed by atoms with Gasteiger partial charge >= 0.3 is 0 Å². The van der Waals surface area contributed by atoms with Gasteiger partial charge in [0.15, 0.2) is 5.96 Å². The van der Waals surface area contributed by atoms with Gasteiger partial charge in [-0.25, -0.2) is 4.99 Å². The molecular formula is C19H32N4O2. The number of nitrogens with zero attached hydrogens (tertiary/aromatic N) is 1. The molecule has 0 aliphatic rings. The van der Waals surface area contributed by atoms with Crippen LogP contribution in [0.5, 0.6) is 5.75 Å². The van der Waals surface area contributed by atoms with Crippen molar-refractivity contribution in [1.82, 2.24) is 16.0 Å². The first-order valence-corrected chi connectivity index (χ1v) is 8.76. The molecule has 0 radical (unpaired) electrons. The van der Waals surface area contributed by atoms with Crippen LogP contribution in [0.2, 0.25) is 0 Å². The van der Waals surface area contributed by atoms with Gasteiger partial charge in [0.1, 0.15) is 18.4 Å². The number of nitrogens with one attached hydrogen (secondary N) is 3. The molecule has 1 unspecified atom stereocenters. The summed E-state index contributed by atoms with van der Waals surface area (Å²) in [6.07, 6.45) is -0.0324. The number of hydrogen-bond acceptors (Lipinski definition) is 3. The number of ether oxygens (including phenoxy) is 1. The van der Waals surface area contributed by atoms with Gasteiger partial charge in [-0.3, -0.25) is 4.79 Å². The summed E-state index contributed by atoms with van der Waals surface area (Å²) in [6, 6.07) is 7.97. The number of rotatable bonds is 7. The zero-order valence-electron chi connectivity index (χ0n) is 16.3. The van der Waals surface area contributed by atoms with E-state index in [1.165, 1.54) is 5.56 Å². The zero-order valence-corrected chi connectivity index (χ0v) is 16.3. The summed E-state index contributed by atoms with van der Waals surface area (Å²) in [5, 5.41) is 9.23. The van der Waals surface area contributed by atoms with Gasteiger partial charge < -0.3 is 20.7 Å². The predicted molar refractivity (Wildman–Crippen MR) is 103 cm³/mol. The fourth-order valence-electron chi connectivity index (χ4n) is 2.08. The average molecular weight is 348 g/mol. The molecule has 1 atom stereocenters. The topological polar surface area (TPSA) is 74.8 Å². The largest absolute Gasteiger partial charge is 0.489 e. The molecule has 3 N–H and O–H groups in total. The quantitative estimate of drug-likeness (QED) is 0.522. The second-order valence-electron chi connectivity index (χ2n) is 7.12. The Hall–Kier alpha value is -2.24. The first kappa shape index (κ1) is 20.8. The van der Waals surface area contributed by atoms with Crippen LogP contribution < -0.4 is 20.7 Å². The van der Waals surface area contributed by atoms with Gasteiger partial charge in [-0.2, -0.15) is 0 Å². The van der Waals surface area contributed by atoms with Gasteiger partial charge in [-0.1, -0.05) is 17.7 Å². The zero-order chi connectivity index (χ0) is 18.9. The lowest BCUT2D eigenvalue weighted by molar-refractivity contribution is -0.121. The monoisotopic (exact) mass is 348 g/mol. The Kier molecular flexibility index (Phi) is 8.25. The predicted octanol–water partition coefficient (Wildman–Crippen LogP) is 2.23. The third-order valence-corrected chi connectivity index (χ3v) is 3.15. The lowest BCUT2D eigenvalue weighted by Crippen LogP contribution is -2.44. The van der Waals surface area contributed by atoms with E-state index in [1.54, 1.807) is 0 Å². The molecule has 6 nitrogen and oxygen atoms in total. The van der Waals surface area contributed by atoms with E-state index in [1.807, 2.05) is 65.8 Å². The third kappa shape index (κ3) is 9.59. The summed E-state index contributed by atoms with van der Waals surface area (Å²) >= 11 is 0. The van der Waals surface area contributed by atoms with Gasteiger partial charge in [0.25, 0.3) is 0 Å². The SMILES string of the molecule is CCNC(=NCC(=O)NC(C)(C)C)NCC(C)Oc1ccc(C)cc1. The van der Waals surface area contributed by atoms with Gasteiger partial charge in [0.2, 0.25) is 5.91 Å². The molecule has 0 saturated heterocycles. The van der Waals surface area contributed by atoms with Crippen LogP contribution in [-0.2, 0) is 4.79 Å². The van der Waals surface area contributed by atoms with Crippen molar-refractivity contribution in [3.63, 3.8) is 0 Å². The van der Waals surface area contributed by atoms with Gasteiger partial charge in [0, 0.05) is 12.1 Å². The Morgan fingerprint density at radius 1 is 1.20 bits per heavy atom. The van der Waals surface area contributed by atoms with Gasteiger partial charge in [0.05, 0.1) is 6.54 Å². The summed E-state index contributed by atoms with van der Waals surface area (Å²) in [5.74, 6) is 1.34. The van der Waals surface area contributed by atoms with E-state index in [9.17, 15) is 4.79 Å². The fraction of sp³-hybridized carbons (Fsp3) is 0.579. The number of aryl methyl sites for hydroxylation is 1. The molecule has 140 valence electrons. The van der Waals surface area contributed by atoms with E-state index in [0.29, 0.717) is 12.5 Å². The summed E-state index contributed by atoms with van der Waals surface area (Å²) in [7, 11) is 0. The van der Waals surface area contributed by atoms with E-state index in [4.69, 9.17) is 4.74 Å². The van der Waals surface area contributed by atoms with E-state index < -0.39 is 0 Å². The Balaban J connectivity index is 2.49.